The van der Waals surface area contributed by atoms with Crippen LogP contribution >= 0.6 is 0 Å². The number of ether oxygens (including phenoxy) is 1. The molecule has 1 aromatic heterocycles. The maximum absolute atomic E-state index is 5.65. The van der Waals surface area contributed by atoms with E-state index >= 15 is 0 Å². The van der Waals surface area contributed by atoms with E-state index in [1.807, 2.05) is 36.1 Å². The Morgan fingerprint density at radius 2 is 1.84 bits per heavy atom. The van der Waals surface area contributed by atoms with E-state index < -0.39 is 0 Å². The molecule has 0 amide bonds. The summed E-state index contributed by atoms with van der Waals surface area (Å²) in [5.41, 5.74) is 3.45. The fraction of sp³-hybridized carbons (Fsp3) is 0.360. The molecule has 1 saturated heterocycles. The molecule has 32 heavy (non-hydrogen) atoms. The van der Waals surface area contributed by atoms with Gasteiger partial charge in [0.05, 0.1) is 18.8 Å². The third-order valence-corrected chi connectivity index (χ3v) is 5.93. The Morgan fingerprint density at radius 3 is 2.53 bits per heavy atom. The molecule has 0 radical (unpaired) electrons. The Labute approximate surface area is 190 Å². The second-order valence-corrected chi connectivity index (χ2v) is 7.92. The molecule has 0 saturated carbocycles. The first-order chi connectivity index (χ1) is 15.8. The van der Waals surface area contributed by atoms with E-state index in [-0.39, 0.29) is 6.04 Å². The van der Waals surface area contributed by atoms with Gasteiger partial charge in [-0.2, -0.15) is 5.10 Å². The highest BCUT2D eigenvalue weighted by atomic mass is 16.5. The Balaban J connectivity index is 1.37. The molecule has 1 unspecified atom stereocenters. The molecule has 7 nitrogen and oxygen atoms in total. The number of rotatable bonds is 8. The summed E-state index contributed by atoms with van der Waals surface area (Å²) in [5, 5.41) is 11.2. The van der Waals surface area contributed by atoms with Crippen LogP contribution in [0.25, 0.3) is 5.69 Å². The van der Waals surface area contributed by atoms with E-state index in [0.29, 0.717) is 6.54 Å². The Hall–Kier alpha value is -3.32. The summed E-state index contributed by atoms with van der Waals surface area (Å²) < 4.78 is 7.51. The van der Waals surface area contributed by atoms with Crippen molar-refractivity contribution in [3.63, 3.8) is 0 Å². The highest BCUT2D eigenvalue weighted by Gasteiger charge is 2.26. The normalized spacial score (nSPS) is 15.5. The molecule has 4 rings (SSSR count). The molecule has 0 aliphatic carbocycles. The van der Waals surface area contributed by atoms with Gasteiger partial charge in [0.15, 0.2) is 5.96 Å². The minimum absolute atomic E-state index is 0.237. The summed E-state index contributed by atoms with van der Waals surface area (Å²) in [5.74, 6) is 1.73. The third-order valence-electron chi connectivity index (χ3n) is 5.93. The van der Waals surface area contributed by atoms with Crippen molar-refractivity contribution in [2.75, 3.05) is 33.8 Å². The van der Waals surface area contributed by atoms with E-state index in [1.54, 1.807) is 13.3 Å². The molecule has 2 N–H and O–H groups in total. The van der Waals surface area contributed by atoms with Gasteiger partial charge in [0.2, 0.25) is 0 Å². The molecule has 3 aromatic rings. The van der Waals surface area contributed by atoms with Gasteiger partial charge in [-0.15, -0.1) is 0 Å². The first-order valence-corrected chi connectivity index (χ1v) is 11.2. The fourth-order valence-corrected chi connectivity index (χ4v) is 4.22. The highest BCUT2D eigenvalue weighted by Crippen LogP contribution is 2.31. The molecule has 1 fully saturated rings. The lowest BCUT2D eigenvalue weighted by Gasteiger charge is -2.30. The molecule has 2 heterocycles. The number of aliphatic imine (C=N–C) groups is 1. The van der Waals surface area contributed by atoms with Gasteiger partial charge in [-0.1, -0.05) is 30.3 Å². The van der Waals surface area contributed by atoms with Gasteiger partial charge in [-0.05, 0) is 55.8 Å². The van der Waals surface area contributed by atoms with Gasteiger partial charge < -0.3 is 15.4 Å². The number of guanidine groups is 1. The summed E-state index contributed by atoms with van der Waals surface area (Å²) in [6.07, 6.45) is 6.21. The number of aromatic nitrogens is 2. The van der Waals surface area contributed by atoms with E-state index in [9.17, 15) is 0 Å². The van der Waals surface area contributed by atoms with Gasteiger partial charge in [0.25, 0.3) is 0 Å². The SMILES string of the molecule is CN=C(NCc1ccc(-n2cccn2)cc1)NCC(c1ccccc1OC)N1CCCC1. The van der Waals surface area contributed by atoms with Gasteiger partial charge in [-0.25, -0.2) is 4.68 Å². The zero-order valence-electron chi connectivity index (χ0n) is 18.9. The van der Waals surface area contributed by atoms with Crippen molar-refractivity contribution in [1.29, 1.82) is 0 Å². The van der Waals surface area contributed by atoms with Gasteiger partial charge >= 0.3 is 0 Å². The molecule has 168 valence electrons. The molecule has 1 atom stereocenters. The number of nitrogens with one attached hydrogen (secondary N) is 2. The number of benzene rings is 2. The van der Waals surface area contributed by atoms with Crippen molar-refractivity contribution < 1.29 is 4.74 Å². The Kier molecular flexibility index (Phi) is 7.40. The second-order valence-electron chi connectivity index (χ2n) is 7.92. The first kappa shape index (κ1) is 21.9. The molecule has 0 spiro atoms. The number of methoxy groups -OCH3 is 1. The van der Waals surface area contributed by atoms with Crippen LogP contribution in [0, 0.1) is 0 Å². The van der Waals surface area contributed by atoms with Crippen LogP contribution in [0.4, 0.5) is 0 Å². The van der Waals surface area contributed by atoms with Crippen LogP contribution in [0.1, 0.15) is 30.0 Å². The predicted octanol–water partition coefficient (Wildman–Crippen LogP) is 3.38. The van der Waals surface area contributed by atoms with Gasteiger partial charge in [-0.3, -0.25) is 9.89 Å². The summed E-state index contributed by atoms with van der Waals surface area (Å²) in [6, 6.07) is 18.8. The summed E-state index contributed by atoms with van der Waals surface area (Å²) in [4.78, 5) is 6.96. The predicted molar refractivity (Wildman–Crippen MR) is 128 cm³/mol. The Bertz CT molecular complexity index is 994. The van der Waals surface area contributed by atoms with Crippen LogP contribution < -0.4 is 15.4 Å². The molecular weight excluding hydrogens is 400 g/mol. The summed E-state index contributed by atoms with van der Waals surface area (Å²) >= 11 is 0. The van der Waals surface area contributed by atoms with Crippen LogP contribution in [0.2, 0.25) is 0 Å². The van der Waals surface area contributed by atoms with Crippen LogP contribution in [0.5, 0.6) is 5.75 Å². The quantitative estimate of drug-likeness (QED) is 0.422. The lowest BCUT2D eigenvalue weighted by atomic mass is 10.0. The molecular formula is C25H32N6O. The average Bonchev–Trinajstić information content (AvgIpc) is 3.57. The smallest absolute Gasteiger partial charge is 0.191 e. The zero-order chi connectivity index (χ0) is 22.2. The summed E-state index contributed by atoms with van der Waals surface area (Å²) in [6.45, 7) is 3.68. The highest BCUT2D eigenvalue weighted by molar-refractivity contribution is 5.79. The number of para-hydroxylation sites is 1. The van der Waals surface area contributed by atoms with Crippen LogP contribution in [0.15, 0.2) is 72.0 Å². The lowest BCUT2D eigenvalue weighted by Crippen LogP contribution is -2.42. The molecule has 1 aliphatic heterocycles. The topological polar surface area (TPSA) is 66.7 Å². The van der Waals surface area contributed by atoms with Crippen molar-refractivity contribution in [2.24, 2.45) is 4.99 Å². The average molecular weight is 433 g/mol. The zero-order valence-corrected chi connectivity index (χ0v) is 18.9. The number of nitrogens with zero attached hydrogens (tertiary/aromatic N) is 4. The van der Waals surface area contributed by atoms with Gasteiger partial charge in [0, 0.05) is 38.1 Å². The van der Waals surface area contributed by atoms with Crippen LogP contribution in [0.3, 0.4) is 0 Å². The molecule has 2 aromatic carbocycles. The monoisotopic (exact) mass is 432 g/mol. The molecule has 1 aliphatic rings. The minimum Gasteiger partial charge on any atom is -0.496 e. The molecule has 0 bridgehead atoms. The van der Waals surface area contributed by atoms with Crippen LogP contribution in [-0.2, 0) is 6.54 Å². The van der Waals surface area contributed by atoms with Crippen molar-refractivity contribution in [3.8, 4) is 11.4 Å². The van der Waals surface area contributed by atoms with Crippen LogP contribution in [-0.4, -0.2) is 54.4 Å². The van der Waals surface area contributed by atoms with E-state index in [0.717, 1.165) is 37.0 Å². The van der Waals surface area contributed by atoms with Gasteiger partial charge in [0.1, 0.15) is 5.75 Å². The van der Waals surface area contributed by atoms with Crippen molar-refractivity contribution in [2.45, 2.75) is 25.4 Å². The fourth-order valence-electron chi connectivity index (χ4n) is 4.22. The largest absolute Gasteiger partial charge is 0.496 e. The Morgan fingerprint density at radius 1 is 1.06 bits per heavy atom. The van der Waals surface area contributed by atoms with E-state index in [1.165, 1.54) is 24.0 Å². The maximum atomic E-state index is 5.65. The summed E-state index contributed by atoms with van der Waals surface area (Å²) in [7, 11) is 3.55. The first-order valence-electron chi connectivity index (χ1n) is 11.2. The van der Waals surface area contributed by atoms with E-state index in [2.05, 4.69) is 62.0 Å². The number of hydrogen-bond donors (Lipinski definition) is 2. The van der Waals surface area contributed by atoms with Crippen molar-refractivity contribution in [1.82, 2.24) is 25.3 Å². The third kappa shape index (κ3) is 5.29. The number of likely N-dealkylation sites (tertiary alicyclic amines) is 1. The standard InChI is InChI=1S/C25H32N6O/c1-26-25(27-18-20-10-12-21(13-11-20)31-17-7-14-29-31)28-19-23(30-15-5-6-16-30)22-8-3-4-9-24(22)32-2/h3-4,7-14,17,23H,5-6,15-16,18-19H2,1-2H3,(H2,26,27,28). The van der Waals surface area contributed by atoms with E-state index in [4.69, 9.17) is 4.74 Å². The van der Waals surface area contributed by atoms with Crippen molar-refractivity contribution in [3.05, 3.63) is 78.1 Å². The second kappa shape index (κ2) is 10.8. The minimum atomic E-state index is 0.237. The lowest BCUT2D eigenvalue weighted by molar-refractivity contribution is 0.239. The molecule has 7 heteroatoms. The number of hydrogen-bond acceptors (Lipinski definition) is 4. The van der Waals surface area contributed by atoms with Crippen molar-refractivity contribution >= 4 is 5.96 Å². The maximum Gasteiger partial charge on any atom is 0.191 e.